The molecule has 96 valence electrons. The molecule has 0 aromatic carbocycles. The van der Waals surface area contributed by atoms with E-state index in [0.29, 0.717) is 24.9 Å². The van der Waals surface area contributed by atoms with Crippen LogP contribution in [0.4, 0.5) is 11.9 Å². The maximum absolute atomic E-state index is 9.14. The van der Waals surface area contributed by atoms with Gasteiger partial charge in [-0.05, 0) is 20.3 Å². The zero-order valence-corrected chi connectivity index (χ0v) is 10.4. The van der Waals surface area contributed by atoms with E-state index in [1.165, 1.54) is 7.11 Å². The van der Waals surface area contributed by atoms with Crippen LogP contribution >= 0.6 is 0 Å². The smallest absolute Gasteiger partial charge is 0.322 e. The van der Waals surface area contributed by atoms with E-state index in [2.05, 4.69) is 25.6 Å². The van der Waals surface area contributed by atoms with Crippen molar-refractivity contribution in [2.24, 2.45) is 0 Å². The van der Waals surface area contributed by atoms with Crippen molar-refractivity contribution < 1.29 is 9.84 Å². The molecule has 7 nitrogen and oxygen atoms in total. The molecule has 0 aliphatic rings. The van der Waals surface area contributed by atoms with Crippen LogP contribution in [0.5, 0.6) is 6.01 Å². The maximum Gasteiger partial charge on any atom is 0.322 e. The summed E-state index contributed by atoms with van der Waals surface area (Å²) in [5.41, 5.74) is 0. The van der Waals surface area contributed by atoms with Gasteiger partial charge >= 0.3 is 6.01 Å². The van der Waals surface area contributed by atoms with Crippen molar-refractivity contribution in [2.75, 3.05) is 30.8 Å². The Labute approximate surface area is 101 Å². The molecule has 0 aliphatic carbocycles. The van der Waals surface area contributed by atoms with Gasteiger partial charge in [0, 0.05) is 13.1 Å². The lowest BCUT2D eigenvalue weighted by molar-refractivity contribution is 0.188. The summed E-state index contributed by atoms with van der Waals surface area (Å²) in [6.07, 6.45) is 0.282. The van der Waals surface area contributed by atoms with Crippen molar-refractivity contribution in [1.82, 2.24) is 15.0 Å². The predicted octanol–water partition coefficient (Wildman–Crippen LogP) is 0.495. The second kappa shape index (κ2) is 6.85. The number of nitrogens with one attached hydrogen (secondary N) is 2. The number of aromatic nitrogens is 3. The Balaban J connectivity index is 2.66. The number of nitrogens with zero attached hydrogens (tertiary/aromatic N) is 3. The number of aliphatic hydroxyl groups excluding tert-OH is 1. The van der Waals surface area contributed by atoms with Gasteiger partial charge in [0.2, 0.25) is 11.9 Å². The minimum atomic E-state index is -0.348. The molecular formula is C10H19N5O2. The lowest BCUT2D eigenvalue weighted by Crippen LogP contribution is -2.13. The quantitative estimate of drug-likeness (QED) is 0.640. The van der Waals surface area contributed by atoms with Crippen LogP contribution in [-0.2, 0) is 0 Å². The van der Waals surface area contributed by atoms with E-state index < -0.39 is 0 Å². The van der Waals surface area contributed by atoms with Crippen LogP contribution in [0.15, 0.2) is 0 Å². The summed E-state index contributed by atoms with van der Waals surface area (Å²) < 4.78 is 4.98. The fourth-order valence-electron chi connectivity index (χ4n) is 1.16. The second-order valence-corrected chi connectivity index (χ2v) is 3.56. The molecule has 0 saturated carbocycles. The number of methoxy groups -OCH3 is 1. The maximum atomic E-state index is 9.14. The van der Waals surface area contributed by atoms with Crippen LogP contribution in [0.3, 0.4) is 0 Å². The topological polar surface area (TPSA) is 92.2 Å². The molecule has 0 aliphatic heterocycles. The van der Waals surface area contributed by atoms with Gasteiger partial charge in [-0.15, -0.1) is 0 Å². The fraction of sp³-hybridized carbons (Fsp3) is 0.700. The van der Waals surface area contributed by atoms with Crippen LogP contribution in [0, 0.1) is 0 Å². The Morgan fingerprint density at radius 2 is 1.88 bits per heavy atom. The molecule has 3 N–H and O–H groups in total. The molecule has 0 amide bonds. The minimum Gasteiger partial charge on any atom is -0.467 e. The summed E-state index contributed by atoms with van der Waals surface area (Å²) >= 11 is 0. The van der Waals surface area contributed by atoms with Crippen LogP contribution in [0.25, 0.3) is 0 Å². The first-order valence-electron chi connectivity index (χ1n) is 5.61. The van der Waals surface area contributed by atoms with Gasteiger partial charge < -0.3 is 20.5 Å². The Morgan fingerprint density at radius 1 is 1.24 bits per heavy atom. The highest BCUT2D eigenvalue weighted by Gasteiger charge is 2.05. The fourth-order valence-corrected chi connectivity index (χ4v) is 1.16. The highest BCUT2D eigenvalue weighted by Crippen LogP contribution is 2.10. The van der Waals surface area contributed by atoms with E-state index in [1.54, 1.807) is 6.92 Å². The molecule has 17 heavy (non-hydrogen) atoms. The standard InChI is InChI=1S/C10H19N5O2/c1-4-11-8-13-9(12-6-5-7(2)16)15-10(14-8)17-3/h7,16H,4-6H2,1-3H3,(H2,11,12,13,14,15). The highest BCUT2D eigenvalue weighted by atomic mass is 16.5. The average Bonchev–Trinajstić information content (AvgIpc) is 2.28. The van der Waals surface area contributed by atoms with Crippen LogP contribution in [0.2, 0.25) is 0 Å². The van der Waals surface area contributed by atoms with E-state index in [0.717, 1.165) is 6.54 Å². The zero-order valence-electron chi connectivity index (χ0n) is 10.4. The van der Waals surface area contributed by atoms with Crippen LogP contribution < -0.4 is 15.4 Å². The van der Waals surface area contributed by atoms with E-state index in [-0.39, 0.29) is 12.1 Å². The summed E-state index contributed by atoms with van der Waals surface area (Å²) in [4.78, 5) is 12.3. The molecule has 0 saturated heterocycles. The molecule has 0 radical (unpaired) electrons. The number of hydrogen-bond acceptors (Lipinski definition) is 7. The number of hydrogen-bond donors (Lipinski definition) is 3. The first kappa shape index (κ1) is 13.4. The first-order valence-corrected chi connectivity index (χ1v) is 5.61. The van der Waals surface area contributed by atoms with E-state index in [1.807, 2.05) is 6.92 Å². The highest BCUT2D eigenvalue weighted by molar-refractivity contribution is 5.35. The van der Waals surface area contributed by atoms with Crippen LogP contribution in [0.1, 0.15) is 20.3 Å². The van der Waals surface area contributed by atoms with Crippen molar-refractivity contribution in [1.29, 1.82) is 0 Å². The number of aliphatic hydroxyl groups is 1. The molecule has 1 aromatic rings. The largest absolute Gasteiger partial charge is 0.467 e. The predicted molar refractivity (Wildman–Crippen MR) is 65.3 cm³/mol. The monoisotopic (exact) mass is 241 g/mol. The van der Waals surface area contributed by atoms with Gasteiger partial charge in [0.15, 0.2) is 0 Å². The lowest BCUT2D eigenvalue weighted by Gasteiger charge is -2.09. The van der Waals surface area contributed by atoms with Crippen molar-refractivity contribution in [3.8, 4) is 6.01 Å². The van der Waals surface area contributed by atoms with Gasteiger partial charge in [0.05, 0.1) is 13.2 Å². The lowest BCUT2D eigenvalue weighted by atomic mass is 10.3. The molecule has 1 unspecified atom stereocenters. The third-order valence-corrected chi connectivity index (χ3v) is 1.98. The summed E-state index contributed by atoms with van der Waals surface area (Å²) in [7, 11) is 1.50. The SMILES string of the molecule is CCNc1nc(NCCC(C)O)nc(OC)n1. The molecule has 1 aromatic heterocycles. The first-order chi connectivity index (χ1) is 8.15. The van der Waals surface area contributed by atoms with Crippen molar-refractivity contribution in [3.05, 3.63) is 0 Å². The summed E-state index contributed by atoms with van der Waals surface area (Å²) in [6, 6.07) is 0.260. The van der Waals surface area contributed by atoms with Crippen molar-refractivity contribution in [2.45, 2.75) is 26.4 Å². The van der Waals surface area contributed by atoms with Gasteiger partial charge in [0.1, 0.15) is 0 Å². The zero-order chi connectivity index (χ0) is 12.7. The molecule has 0 spiro atoms. The number of ether oxygens (including phenoxy) is 1. The molecule has 1 heterocycles. The molecule has 1 atom stereocenters. The molecular weight excluding hydrogens is 222 g/mol. The van der Waals surface area contributed by atoms with Crippen molar-refractivity contribution in [3.63, 3.8) is 0 Å². The molecule has 7 heteroatoms. The van der Waals surface area contributed by atoms with Crippen LogP contribution in [-0.4, -0.2) is 46.4 Å². The van der Waals surface area contributed by atoms with Gasteiger partial charge in [0.25, 0.3) is 0 Å². The Kier molecular flexibility index (Phi) is 5.41. The van der Waals surface area contributed by atoms with E-state index in [4.69, 9.17) is 9.84 Å². The van der Waals surface area contributed by atoms with Gasteiger partial charge in [-0.3, -0.25) is 0 Å². The van der Waals surface area contributed by atoms with E-state index >= 15 is 0 Å². The summed E-state index contributed by atoms with van der Waals surface area (Å²) in [5.74, 6) is 0.910. The molecule has 1 rings (SSSR count). The van der Waals surface area contributed by atoms with Gasteiger partial charge in [-0.1, -0.05) is 0 Å². The second-order valence-electron chi connectivity index (χ2n) is 3.56. The Hall–Kier alpha value is -1.63. The molecule has 0 fully saturated rings. The summed E-state index contributed by atoms with van der Waals surface area (Å²) in [6.45, 7) is 5.01. The minimum absolute atomic E-state index is 0.260. The summed E-state index contributed by atoms with van der Waals surface area (Å²) in [5, 5.41) is 15.1. The average molecular weight is 241 g/mol. The van der Waals surface area contributed by atoms with Crippen molar-refractivity contribution >= 4 is 11.9 Å². The third-order valence-electron chi connectivity index (χ3n) is 1.98. The van der Waals surface area contributed by atoms with Gasteiger partial charge in [-0.25, -0.2) is 0 Å². The Morgan fingerprint density at radius 3 is 2.41 bits per heavy atom. The van der Waals surface area contributed by atoms with Gasteiger partial charge in [-0.2, -0.15) is 15.0 Å². The number of anilines is 2. The Bertz CT molecular complexity index is 345. The van der Waals surface area contributed by atoms with E-state index in [9.17, 15) is 0 Å². The molecule has 0 bridgehead atoms. The normalized spacial score (nSPS) is 12.0. The third kappa shape index (κ3) is 4.81. The number of rotatable bonds is 7.